The molecule has 0 atom stereocenters. The molecule has 0 radical (unpaired) electrons. The van der Waals surface area contributed by atoms with Crippen LogP contribution >= 0.6 is 0 Å². The topological polar surface area (TPSA) is 94.3 Å². The second-order valence-corrected chi connectivity index (χ2v) is 6.87. The molecule has 8 nitrogen and oxygen atoms in total. The summed E-state index contributed by atoms with van der Waals surface area (Å²) >= 11 is 0. The molecule has 0 unspecified atom stereocenters. The van der Waals surface area contributed by atoms with Crippen molar-refractivity contribution in [2.24, 2.45) is 5.16 Å². The average molecular weight is 397 g/mol. The van der Waals surface area contributed by atoms with E-state index in [1.165, 1.54) is 37.1 Å². The summed E-state index contributed by atoms with van der Waals surface area (Å²) in [6.07, 6.45) is 2.42. The lowest BCUT2D eigenvalue weighted by Crippen LogP contribution is -2.19. The van der Waals surface area contributed by atoms with Gasteiger partial charge in [0.05, 0.1) is 23.3 Å². The van der Waals surface area contributed by atoms with E-state index in [-0.39, 0.29) is 11.3 Å². The van der Waals surface area contributed by atoms with Crippen LogP contribution in [-0.2, 0) is 11.4 Å². The standard InChI is InChI=1S/C21H23N3O5/c1-15(22-29-21(25)16-5-8-19(9-6-16)24(26)27)17-7-10-20(28-2)18(13-17)14-23-11-3-4-12-23/h5-10,13H,3-4,11-12,14H2,1-2H3. The molecule has 0 saturated carbocycles. The first-order chi connectivity index (χ1) is 14.0. The van der Waals surface area contributed by atoms with E-state index in [2.05, 4.69) is 10.1 Å². The molecule has 1 aliphatic heterocycles. The summed E-state index contributed by atoms with van der Waals surface area (Å²) in [5.74, 6) is 0.140. The van der Waals surface area contributed by atoms with Gasteiger partial charge in [0.15, 0.2) is 0 Å². The third-order valence-electron chi connectivity index (χ3n) is 4.87. The van der Waals surface area contributed by atoms with Crippen LogP contribution in [0.5, 0.6) is 5.75 Å². The highest BCUT2D eigenvalue weighted by Gasteiger charge is 2.16. The molecule has 152 valence electrons. The number of non-ortho nitro benzene ring substituents is 1. The van der Waals surface area contributed by atoms with E-state index in [0.717, 1.165) is 36.5 Å². The maximum Gasteiger partial charge on any atom is 0.365 e. The monoisotopic (exact) mass is 397 g/mol. The number of likely N-dealkylation sites (tertiary alicyclic amines) is 1. The van der Waals surface area contributed by atoms with Gasteiger partial charge in [0.25, 0.3) is 5.69 Å². The highest BCUT2D eigenvalue weighted by molar-refractivity contribution is 5.99. The van der Waals surface area contributed by atoms with Crippen LogP contribution in [0.25, 0.3) is 0 Å². The minimum Gasteiger partial charge on any atom is -0.496 e. The summed E-state index contributed by atoms with van der Waals surface area (Å²) in [6.45, 7) is 4.71. The number of methoxy groups -OCH3 is 1. The summed E-state index contributed by atoms with van der Waals surface area (Å²) in [5.41, 5.74) is 2.53. The van der Waals surface area contributed by atoms with Crippen LogP contribution in [0.2, 0.25) is 0 Å². The van der Waals surface area contributed by atoms with Gasteiger partial charge in [-0.2, -0.15) is 0 Å². The van der Waals surface area contributed by atoms with Crippen LogP contribution in [0, 0.1) is 10.1 Å². The van der Waals surface area contributed by atoms with E-state index in [0.29, 0.717) is 5.71 Å². The number of hydrogen-bond donors (Lipinski definition) is 0. The molecule has 0 spiro atoms. The molecule has 8 heteroatoms. The summed E-state index contributed by atoms with van der Waals surface area (Å²) < 4.78 is 5.47. The average Bonchev–Trinajstić information content (AvgIpc) is 3.24. The van der Waals surface area contributed by atoms with Gasteiger partial charge in [-0.25, -0.2) is 4.79 Å². The van der Waals surface area contributed by atoms with E-state index in [1.54, 1.807) is 14.0 Å². The van der Waals surface area contributed by atoms with Gasteiger partial charge in [-0.1, -0.05) is 5.16 Å². The van der Waals surface area contributed by atoms with Gasteiger partial charge in [0, 0.05) is 24.2 Å². The minimum absolute atomic E-state index is 0.0926. The van der Waals surface area contributed by atoms with Crippen LogP contribution in [0.3, 0.4) is 0 Å². The number of hydrogen-bond acceptors (Lipinski definition) is 7. The molecule has 3 rings (SSSR count). The van der Waals surface area contributed by atoms with Crippen LogP contribution in [-0.4, -0.2) is 41.7 Å². The summed E-state index contributed by atoms with van der Waals surface area (Å²) in [5, 5.41) is 14.6. The normalized spacial score (nSPS) is 14.6. The third kappa shape index (κ3) is 5.17. The van der Waals surface area contributed by atoms with Crippen molar-refractivity contribution >= 4 is 17.4 Å². The van der Waals surface area contributed by atoms with Gasteiger partial charge in [0.1, 0.15) is 5.75 Å². The van der Waals surface area contributed by atoms with Crippen LogP contribution in [0.15, 0.2) is 47.6 Å². The summed E-state index contributed by atoms with van der Waals surface area (Å²) in [6, 6.07) is 10.9. The van der Waals surface area contributed by atoms with Crippen molar-refractivity contribution in [1.82, 2.24) is 4.90 Å². The van der Waals surface area contributed by atoms with Gasteiger partial charge < -0.3 is 9.57 Å². The smallest absolute Gasteiger partial charge is 0.365 e. The second kappa shape index (κ2) is 9.29. The highest BCUT2D eigenvalue weighted by Crippen LogP contribution is 2.24. The maximum absolute atomic E-state index is 12.1. The lowest BCUT2D eigenvalue weighted by molar-refractivity contribution is -0.384. The Labute approximate surface area is 168 Å². The molecule has 0 N–H and O–H groups in total. The fourth-order valence-electron chi connectivity index (χ4n) is 3.24. The van der Waals surface area contributed by atoms with E-state index in [9.17, 15) is 14.9 Å². The molecular formula is C21H23N3O5. The Morgan fingerprint density at radius 3 is 2.41 bits per heavy atom. The largest absolute Gasteiger partial charge is 0.496 e. The van der Waals surface area contributed by atoms with Crippen LogP contribution in [0.1, 0.15) is 41.3 Å². The minimum atomic E-state index is -0.676. The SMILES string of the molecule is COc1ccc(C(C)=NOC(=O)c2ccc([N+](=O)[O-])cc2)cc1CN1CCCC1. The van der Waals surface area contributed by atoms with Crippen molar-refractivity contribution in [2.75, 3.05) is 20.2 Å². The second-order valence-electron chi connectivity index (χ2n) is 6.87. The number of benzene rings is 2. The van der Waals surface area contributed by atoms with Crippen LogP contribution in [0.4, 0.5) is 5.69 Å². The fourth-order valence-corrected chi connectivity index (χ4v) is 3.24. The summed E-state index contributed by atoms with van der Waals surface area (Å²) in [4.78, 5) is 29.7. The highest BCUT2D eigenvalue weighted by atomic mass is 16.7. The number of nitro groups is 1. The van der Waals surface area contributed by atoms with Crippen molar-refractivity contribution in [2.45, 2.75) is 26.3 Å². The zero-order chi connectivity index (χ0) is 20.8. The van der Waals surface area contributed by atoms with Crippen molar-refractivity contribution < 1.29 is 19.3 Å². The van der Waals surface area contributed by atoms with Gasteiger partial charge in [0.2, 0.25) is 0 Å². The fraction of sp³-hybridized carbons (Fsp3) is 0.333. The quantitative estimate of drug-likeness (QED) is 0.305. The molecular weight excluding hydrogens is 374 g/mol. The Bertz CT molecular complexity index is 918. The number of ether oxygens (including phenoxy) is 1. The lowest BCUT2D eigenvalue weighted by Gasteiger charge is -2.17. The Morgan fingerprint density at radius 2 is 1.79 bits per heavy atom. The Kier molecular flexibility index (Phi) is 6.56. The zero-order valence-corrected chi connectivity index (χ0v) is 16.5. The van der Waals surface area contributed by atoms with E-state index >= 15 is 0 Å². The number of rotatable bonds is 7. The Hall–Kier alpha value is -3.26. The molecule has 2 aromatic carbocycles. The van der Waals surface area contributed by atoms with Gasteiger partial charge in [-0.3, -0.25) is 15.0 Å². The van der Waals surface area contributed by atoms with Crippen molar-refractivity contribution in [1.29, 1.82) is 0 Å². The zero-order valence-electron chi connectivity index (χ0n) is 16.5. The predicted molar refractivity (Wildman–Crippen MR) is 108 cm³/mol. The first-order valence-corrected chi connectivity index (χ1v) is 9.38. The number of nitrogens with zero attached hydrogens (tertiary/aromatic N) is 3. The number of oxime groups is 1. The molecule has 1 aliphatic rings. The number of nitro benzene ring substituents is 1. The predicted octanol–water partition coefficient (Wildman–Crippen LogP) is 3.78. The molecule has 1 heterocycles. The van der Waals surface area contributed by atoms with Gasteiger partial charge >= 0.3 is 5.97 Å². The number of carbonyl (C=O) groups is 1. The van der Waals surface area contributed by atoms with Crippen molar-refractivity contribution in [3.8, 4) is 5.75 Å². The molecule has 0 amide bonds. The Morgan fingerprint density at radius 1 is 1.14 bits per heavy atom. The first-order valence-electron chi connectivity index (χ1n) is 9.38. The van der Waals surface area contributed by atoms with Crippen molar-refractivity contribution in [3.05, 3.63) is 69.3 Å². The molecule has 2 aromatic rings. The van der Waals surface area contributed by atoms with E-state index in [4.69, 9.17) is 9.57 Å². The third-order valence-corrected chi connectivity index (χ3v) is 4.87. The summed E-state index contributed by atoms with van der Waals surface area (Å²) in [7, 11) is 1.65. The van der Waals surface area contributed by atoms with Gasteiger partial charge in [-0.05, 0) is 68.8 Å². The molecule has 29 heavy (non-hydrogen) atoms. The lowest BCUT2D eigenvalue weighted by atomic mass is 10.1. The number of carbonyl (C=O) groups excluding carboxylic acids is 1. The van der Waals surface area contributed by atoms with Crippen molar-refractivity contribution in [3.63, 3.8) is 0 Å². The molecule has 1 fully saturated rings. The molecule has 0 aromatic heterocycles. The maximum atomic E-state index is 12.1. The molecule has 0 bridgehead atoms. The van der Waals surface area contributed by atoms with Gasteiger partial charge in [-0.15, -0.1) is 0 Å². The Balaban J connectivity index is 1.71. The van der Waals surface area contributed by atoms with E-state index < -0.39 is 10.9 Å². The first kappa shape index (κ1) is 20.5. The molecule has 0 aliphatic carbocycles. The molecule has 1 saturated heterocycles. The van der Waals surface area contributed by atoms with E-state index in [1.807, 2.05) is 18.2 Å². The van der Waals surface area contributed by atoms with Crippen LogP contribution < -0.4 is 4.74 Å².